The number of pyridine rings is 1. The highest BCUT2D eigenvalue weighted by molar-refractivity contribution is 6.05. The lowest BCUT2D eigenvalue weighted by atomic mass is 10.1. The second-order valence-electron chi connectivity index (χ2n) is 6.46. The number of aryl methyl sites for hydroxylation is 1. The first kappa shape index (κ1) is 19.4. The van der Waals surface area contributed by atoms with Gasteiger partial charge in [-0.2, -0.15) is 17.7 Å². The molecule has 0 fully saturated rings. The molecule has 4 aromatic rings. The fourth-order valence-corrected chi connectivity index (χ4v) is 3.15. The molecular weight excluding hydrogens is 399 g/mol. The highest BCUT2D eigenvalue weighted by Gasteiger charge is 2.38. The molecule has 0 atom stereocenters. The van der Waals surface area contributed by atoms with Gasteiger partial charge < -0.3 is 5.32 Å². The second kappa shape index (κ2) is 7.14. The molecule has 7 nitrogen and oxygen atoms in total. The van der Waals surface area contributed by atoms with Crippen molar-refractivity contribution < 1.29 is 18.0 Å². The van der Waals surface area contributed by atoms with Crippen LogP contribution in [0, 0.1) is 6.92 Å². The van der Waals surface area contributed by atoms with Crippen molar-refractivity contribution in [2.24, 2.45) is 0 Å². The third-order valence-electron chi connectivity index (χ3n) is 4.45. The minimum Gasteiger partial charge on any atom is -0.320 e. The molecule has 0 spiro atoms. The zero-order chi connectivity index (χ0) is 21.5. The summed E-state index contributed by atoms with van der Waals surface area (Å²) in [6.07, 6.45) is -1.88. The normalized spacial score (nSPS) is 11.6. The van der Waals surface area contributed by atoms with Crippen molar-refractivity contribution in [3.8, 4) is 11.1 Å². The van der Waals surface area contributed by atoms with E-state index in [1.54, 1.807) is 30.3 Å². The van der Waals surface area contributed by atoms with Gasteiger partial charge in [0.25, 0.3) is 11.5 Å². The van der Waals surface area contributed by atoms with E-state index >= 15 is 0 Å². The minimum absolute atomic E-state index is 0.00583. The van der Waals surface area contributed by atoms with Crippen molar-refractivity contribution in [3.05, 3.63) is 82.2 Å². The Morgan fingerprint density at radius 2 is 1.87 bits per heavy atom. The number of alkyl halides is 3. The van der Waals surface area contributed by atoms with E-state index < -0.39 is 23.3 Å². The molecule has 0 saturated carbocycles. The van der Waals surface area contributed by atoms with Crippen LogP contribution in [0.25, 0.3) is 16.8 Å². The van der Waals surface area contributed by atoms with Crippen LogP contribution in [0.4, 0.5) is 18.9 Å². The van der Waals surface area contributed by atoms with Gasteiger partial charge in [0.1, 0.15) is 11.3 Å². The Morgan fingerprint density at radius 3 is 2.50 bits per heavy atom. The van der Waals surface area contributed by atoms with Crippen LogP contribution in [0.15, 0.2) is 59.7 Å². The van der Waals surface area contributed by atoms with Gasteiger partial charge in [-0.1, -0.05) is 30.3 Å². The fraction of sp³-hybridized carbons (Fsp3) is 0.100. The number of amides is 1. The van der Waals surface area contributed by atoms with Crippen molar-refractivity contribution in [1.82, 2.24) is 19.6 Å². The summed E-state index contributed by atoms with van der Waals surface area (Å²) in [5.74, 6) is -0.795. The van der Waals surface area contributed by atoms with Crippen LogP contribution in [0.5, 0.6) is 0 Å². The smallest absolute Gasteiger partial charge is 0.320 e. The maximum absolute atomic E-state index is 13.7. The summed E-state index contributed by atoms with van der Waals surface area (Å²) in [5.41, 5.74) is -2.33. The van der Waals surface area contributed by atoms with E-state index in [2.05, 4.69) is 20.4 Å². The van der Waals surface area contributed by atoms with Crippen LogP contribution in [-0.4, -0.2) is 25.5 Å². The fourth-order valence-electron chi connectivity index (χ4n) is 3.15. The highest BCUT2D eigenvalue weighted by atomic mass is 19.4. The number of benzene rings is 1. The Morgan fingerprint density at radius 1 is 1.13 bits per heavy atom. The van der Waals surface area contributed by atoms with Gasteiger partial charge >= 0.3 is 6.18 Å². The third kappa shape index (κ3) is 3.32. The van der Waals surface area contributed by atoms with E-state index in [9.17, 15) is 22.8 Å². The molecule has 2 N–H and O–H groups in total. The number of halogens is 3. The van der Waals surface area contributed by atoms with Gasteiger partial charge in [0.2, 0.25) is 0 Å². The quantitative estimate of drug-likeness (QED) is 0.536. The van der Waals surface area contributed by atoms with Gasteiger partial charge in [0.15, 0.2) is 5.65 Å². The molecule has 0 saturated heterocycles. The van der Waals surface area contributed by atoms with Crippen LogP contribution in [0.1, 0.15) is 21.7 Å². The van der Waals surface area contributed by atoms with Crippen LogP contribution >= 0.6 is 0 Å². The lowest BCUT2D eigenvalue weighted by Crippen LogP contribution is -2.29. The van der Waals surface area contributed by atoms with E-state index in [4.69, 9.17) is 0 Å². The van der Waals surface area contributed by atoms with Gasteiger partial charge in [-0.3, -0.25) is 19.7 Å². The van der Waals surface area contributed by atoms with Gasteiger partial charge in [0.05, 0.1) is 23.1 Å². The number of aromatic nitrogens is 4. The van der Waals surface area contributed by atoms with Gasteiger partial charge in [-0.25, -0.2) is 4.98 Å². The zero-order valence-corrected chi connectivity index (χ0v) is 15.5. The Labute approximate surface area is 167 Å². The largest absolute Gasteiger partial charge is 0.433 e. The van der Waals surface area contributed by atoms with E-state index in [1.807, 2.05) is 0 Å². The summed E-state index contributed by atoms with van der Waals surface area (Å²) in [6.45, 7) is 1.40. The first-order valence-electron chi connectivity index (χ1n) is 8.76. The Bertz CT molecular complexity index is 1300. The van der Waals surface area contributed by atoms with Crippen molar-refractivity contribution >= 4 is 17.2 Å². The molecule has 1 amide bonds. The van der Waals surface area contributed by atoms with Gasteiger partial charge in [0, 0.05) is 6.20 Å². The van der Waals surface area contributed by atoms with Crippen molar-refractivity contribution in [2.75, 3.05) is 5.32 Å². The Balaban J connectivity index is 1.93. The lowest BCUT2D eigenvalue weighted by Gasteiger charge is -2.08. The first-order valence-corrected chi connectivity index (χ1v) is 8.76. The Kier molecular flexibility index (Phi) is 4.61. The maximum Gasteiger partial charge on any atom is 0.433 e. The molecule has 30 heavy (non-hydrogen) atoms. The lowest BCUT2D eigenvalue weighted by molar-refractivity contribution is -0.140. The standard InChI is InChI=1S/C20H14F3N5O2/c1-11-14(18(29)26-13-8-5-9-24-10-13)19(30)28-17(25-11)15(12-6-3-2-4-7-12)16(27-28)20(21,22)23/h2-10,27H,1H3,(H,26,29). The molecule has 3 heterocycles. The topological polar surface area (TPSA) is 92.2 Å². The molecular formula is C20H14F3N5O2. The predicted octanol–water partition coefficient (Wildman–Crippen LogP) is 3.66. The maximum atomic E-state index is 13.7. The molecule has 0 radical (unpaired) electrons. The number of hydrogen-bond donors (Lipinski definition) is 2. The SMILES string of the molecule is Cc1nc2c(-c3ccccc3)c(C(F)(F)F)[nH]n2c(=O)c1C(=O)Nc1cccnc1. The molecule has 152 valence electrons. The molecule has 1 aromatic carbocycles. The third-order valence-corrected chi connectivity index (χ3v) is 4.45. The number of hydrogen-bond acceptors (Lipinski definition) is 4. The number of fused-ring (bicyclic) bond motifs is 1. The average molecular weight is 413 g/mol. The zero-order valence-electron chi connectivity index (χ0n) is 15.5. The Hall–Kier alpha value is -3.95. The molecule has 10 heteroatoms. The number of carbonyl (C=O) groups is 1. The van der Waals surface area contributed by atoms with Crippen molar-refractivity contribution in [2.45, 2.75) is 13.1 Å². The average Bonchev–Trinajstić information content (AvgIpc) is 3.09. The molecule has 4 rings (SSSR count). The van der Waals surface area contributed by atoms with Crippen LogP contribution in [0.3, 0.4) is 0 Å². The number of H-pyrrole nitrogens is 1. The molecule has 0 aliphatic carbocycles. The summed E-state index contributed by atoms with van der Waals surface area (Å²) < 4.78 is 41.7. The van der Waals surface area contributed by atoms with E-state index in [1.165, 1.54) is 31.5 Å². The monoisotopic (exact) mass is 413 g/mol. The van der Waals surface area contributed by atoms with E-state index in [0.29, 0.717) is 10.2 Å². The predicted molar refractivity (Wildman–Crippen MR) is 103 cm³/mol. The first-order chi connectivity index (χ1) is 14.3. The summed E-state index contributed by atoms with van der Waals surface area (Å²) in [7, 11) is 0. The van der Waals surface area contributed by atoms with Crippen LogP contribution in [0.2, 0.25) is 0 Å². The summed E-state index contributed by atoms with van der Waals surface area (Å²) in [4.78, 5) is 33.6. The van der Waals surface area contributed by atoms with E-state index in [-0.39, 0.29) is 28.0 Å². The number of rotatable bonds is 3. The minimum atomic E-state index is -4.77. The van der Waals surface area contributed by atoms with Crippen LogP contribution in [-0.2, 0) is 6.18 Å². The van der Waals surface area contributed by atoms with Gasteiger partial charge in [-0.05, 0) is 24.6 Å². The number of anilines is 1. The molecule has 0 bridgehead atoms. The molecule has 0 unspecified atom stereocenters. The molecule has 3 aromatic heterocycles. The summed E-state index contributed by atoms with van der Waals surface area (Å²) >= 11 is 0. The van der Waals surface area contributed by atoms with Gasteiger partial charge in [-0.15, -0.1) is 0 Å². The summed E-state index contributed by atoms with van der Waals surface area (Å²) in [6, 6.07) is 11.0. The molecule has 0 aliphatic rings. The second-order valence-corrected chi connectivity index (χ2v) is 6.46. The molecule has 0 aliphatic heterocycles. The van der Waals surface area contributed by atoms with Crippen LogP contribution < -0.4 is 10.9 Å². The van der Waals surface area contributed by atoms with Crippen molar-refractivity contribution in [1.29, 1.82) is 0 Å². The highest BCUT2D eigenvalue weighted by Crippen LogP contribution is 2.38. The van der Waals surface area contributed by atoms with Crippen molar-refractivity contribution in [3.63, 3.8) is 0 Å². The number of nitrogens with zero attached hydrogens (tertiary/aromatic N) is 3. The summed E-state index contributed by atoms with van der Waals surface area (Å²) in [5, 5.41) is 4.58. The number of aromatic amines is 1. The van der Waals surface area contributed by atoms with E-state index in [0.717, 1.165) is 0 Å². The number of nitrogens with one attached hydrogen (secondary N) is 2. The number of carbonyl (C=O) groups excluding carboxylic acids is 1.